The Balaban J connectivity index is 0.837. The number of carbonyl (C=O) groups excluding carboxylic acids is 1. The van der Waals surface area contributed by atoms with E-state index >= 15 is 0 Å². The second-order valence-electron chi connectivity index (χ2n) is 21.8. The number of nitrogens with zero attached hydrogens (tertiary/aromatic N) is 4. The number of ether oxygens (including phenoxy) is 3. The molecule has 5 fully saturated rings. The van der Waals surface area contributed by atoms with E-state index in [1.54, 1.807) is 24.4 Å². The maximum atomic E-state index is 14.4. The number of sulfonamides is 1. The Kier molecular flexibility index (Phi) is 12.4. The van der Waals surface area contributed by atoms with Gasteiger partial charge in [-0.2, -0.15) is 4.98 Å². The van der Waals surface area contributed by atoms with E-state index in [2.05, 4.69) is 62.9 Å². The number of nitro benzene ring substituents is 1. The Hall–Kier alpha value is -5.91. The van der Waals surface area contributed by atoms with Gasteiger partial charge in [-0.05, 0) is 150 Å². The Morgan fingerprint density at radius 2 is 1.73 bits per heavy atom. The number of pyridine rings is 1. The van der Waals surface area contributed by atoms with Crippen molar-refractivity contribution in [2.75, 3.05) is 36.5 Å². The Labute approximate surface area is 415 Å². The van der Waals surface area contributed by atoms with Crippen molar-refractivity contribution in [2.24, 2.45) is 11.3 Å². The summed E-state index contributed by atoms with van der Waals surface area (Å²) < 4.78 is 49.5. The van der Waals surface area contributed by atoms with Gasteiger partial charge in [-0.15, -0.1) is 0 Å². The lowest BCUT2D eigenvalue weighted by Gasteiger charge is -2.56. The van der Waals surface area contributed by atoms with Crippen LogP contribution < -0.4 is 29.1 Å². The van der Waals surface area contributed by atoms with Crippen LogP contribution in [0.25, 0.3) is 11.0 Å². The number of amides is 1. The predicted molar refractivity (Wildman–Crippen MR) is 270 cm³/mol. The molecule has 0 bridgehead atoms. The van der Waals surface area contributed by atoms with Gasteiger partial charge < -0.3 is 34.5 Å². The van der Waals surface area contributed by atoms with Gasteiger partial charge in [-0.25, -0.2) is 13.1 Å². The number of aliphatic hydroxyl groups is 1. The van der Waals surface area contributed by atoms with Crippen molar-refractivity contribution in [1.82, 2.24) is 19.6 Å². The number of piperidine rings is 1. The Morgan fingerprint density at radius 3 is 2.46 bits per heavy atom. The molecule has 6 aliphatic rings. The van der Waals surface area contributed by atoms with Crippen molar-refractivity contribution in [1.29, 1.82) is 0 Å². The molecule has 11 rings (SSSR count). The minimum Gasteiger partial charge on any atom is -0.489 e. The molecule has 5 aromatic rings. The first-order chi connectivity index (χ1) is 34.1. The molecule has 5 heterocycles. The van der Waals surface area contributed by atoms with Gasteiger partial charge in [0, 0.05) is 60.6 Å². The number of carbonyl (C=O) groups is 1. The molecule has 3 aromatic carbocycles. The number of anilines is 2. The van der Waals surface area contributed by atoms with Crippen LogP contribution in [0.4, 0.5) is 17.1 Å². The van der Waals surface area contributed by atoms with Crippen LogP contribution >= 0.6 is 0 Å². The lowest BCUT2D eigenvalue weighted by Crippen LogP contribution is -2.54. The van der Waals surface area contributed by atoms with Crippen LogP contribution in [0.1, 0.15) is 138 Å². The van der Waals surface area contributed by atoms with Crippen LogP contribution in [-0.2, 0) is 10.0 Å². The summed E-state index contributed by atoms with van der Waals surface area (Å²) >= 11 is 0. The van der Waals surface area contributed by atoms with Crippen LogP contribution in [0.15, 0.2) is 77.8 Å². The third-order valence-corrected chi connectivity index (χ3v) is 18.0. The summed E-state index contributed by atoms with van der Waals surface area (Å²) in [6.07, 6.45) is 14.0. The number of aromatic amines is 1. The molecule has 2 aromatic heterocycles. The van der Waals surface area contributed by atoms with Crippen molar-refractivity contribution < 1.29 is 37.5 Å². The minimum atomic E-state index is -4.70. The van der Waals surface area contributed by atoms with Crippen LogP contribution in [0.2, 0.25) is 0 Å². The fraction of sp³-hybridized carbons (Fsp3) is 0.519. The Bertz CT molecular complexity index is 2950. The number of nitrogens with one attached hydrogen (secondary N) is 3. The number of H-pyrrole nitrogens is 1. The van der Waals surface area contributed by atoms with Crippen molar-refractivity contribution in [3.05, 3.63) is 99.7 Å². The highest BCUT2D eigenvalue weighted by Crippen LogP contribution is 2.55. The third-order valence-electron chi connectivity index (χ3n) is 16.7. The largest absolute Gasteiger partial charge is 0.489 e. The molecule has 17 heteroatoms. The summed E-state index contributed by atoms with van der Waals surface area (Å²) in [7, 11) is -4.70. The quantitative estimate of drug-likeness (QED) is 0.0642. The smallest absolute Gasteiger partial charge is 0.297 e. The summed E-state index contributed by atoms with van der Waals surface area (Å²) in [4.78, 5) is 38.7. The van der Waals surface area contributed by atoms with Crippen molar-refractivity contribution in [3.8, 4) is 23.1 Å². The predicted octanol–water partition coefficient (Wildman–Crippen LogP) is 10.1. The van der Waals surface area contributed by atoms with Gasteiger partial charge in [0.2, 0.25) is 0 Å². The van der Waals surface area contributed by atoms with Crippen LogP contribution in [0, 0.1) is 21.4 Å². The number of rotatable bonds is 13. The Morgan fingerprint density at radius 1 is 0.958 bits per heavy atom. The first kappa shape index (κ1) is 47.4. The number of aromatic nitrogens is 2. The van der Waals surface area contributed by atoms with Crippen LogP contribution in [-0.4, -0.2) is 89.3 Å². The maximum Gasteiger partial charge on any atom is 0.297 e. The molecule has 3 aliphatic carbocycles. The van der Waals surface area contributed by atoms with Gasteiger partial charge >= 0.3 is 0 Å². The summed E-state index contributed by atoms with van der Waals surface area (Å²) in [5, 5.41) is 27.0. The zero-order chi connectivity index (χ0) is 49.2. The molecule has 3 aliphatic heterocycles. The highest BCUT2D eigenvalue weighted by Gasteiger charge is 2.50. The minimum absolute atomic E-state index is 0.000479. The summed E-state index contributed by atoms with van der Waals surface area (Å²) in [6.45, 7) is 9.31. The number of likely N-dealkylation sites (tertiary alicyclic amines) is 1. The van der Waals surface area contributed by atoms with Gasteiger partial charge in [0.1, 0.15) is 24.1 Å². The molecule has 4 N–H and O–H groups in total. The fourth-order valence-electron chi connectivity index (χ4n) is 12.3. The maximum absolute atomic E-state index is 14.4. The average Bonchev–Trinajstić information content (AvgIpc) is 4.01. The standard InChI is InChI=1S/C54H65N7O9S/c1-33(2)40-10-4-5-11-41(40)44-12-7-23-60(44)37-30-54(31-37)20-24-59(25-21-54)36-13-14-42(46(27-36)70-48-26-35-17-22-55-50(35)57-52(48)69-38-8-6-9-38)51(62)58-71(66,67)39-28-45(61(64)65)49-47(29-39)68-32-43(56-49)34-15-18-53(3,63)19-16-34/h4-5,10-11,13-14,17,22,26-29,33-34,37-38,43-44,56,63H,6-9,12,15-16,18-21,23-25,30-32H2,1-3H3,(H,55,57)(H,58,62)/t34?,43-,44+,53?/m1/s1. The van der Waals surface area contributed by atoms with Gasteiger partial charge in [0.05, 0.1) is 27.0 Å². The molecule has 0 unspecified atom stereocenters. The number of hydrogen-bond donors (Lipinski definition) is 4. The molecular weight excluding hydrogens is 923 g/mol. The van der Waals surface area contributed by atoms with Crippen molar-refractivity contribution in [2.45, 2.75) is 145 Å². The average molecular weight is 988 g/mol. The first-order valence-electron chi connectivity index (χ1n) is 25.7. The highest BCUT2D eigenvalue weighted by atomic mass is 32.2. The SMILES string of the molecule is CC(C)c1ccccc1[C@@H]1CCCN1C1CC2(CCN(c3ccc(C(=O)NS(=O)(=O)c4cc5c(c([N+](=O)[O-])c4)N[C@@H](C4CCC(C)(O)CC4)CO5)c(Oc4cc5cc[nH]c5nc4OC4CCC4)c3)CC2)C1. The van der Waals surface area contributed by atoms with Gasteiger partial charge in [-0.3, -0.25) is 19.8 Å². The summed E-state index contributed by atoms with van der Waals surface area (Å²) in [5.74, 6) is 0.245. The zero-order valence-corrected chi connectivity index (χ0v) is 41.6. The van der Waals surface area contributed by atoms with Crippen LogP contribution in [0.3, 0.4) is 0 Å². The summed E-state index contributed by atoms with van der Waals surface area (Å²) in [5.41, 5.74) is 3.45. The molecule has 1 amide bonds. The first-order valence-corrected chi connectivity index (χ1v) is 27.2. The molecule has 1 spiro atoms. The van der Waals surface area contributed by atoms with Crippen LogP contribution in [0.5, 0.6) is 23.1 Å². The van der Waals surface area contributed by atoms with Gasteiger partial charge in [-0.1, -0.05) is 38.1 Å². The second-order valence-corrected chi connectivity index (χ2v) is 23.5. The highest BCUT2D eigenvalue weighted by molar-refractivity contribution is 7.90. The topological polar surface area (TPSA) is 201 Å². The van der Waals surface area contributed by atoms with E-state index in [4.69, 9.17) is 19.2 Å². The molecule has 2 atom stereocenters. The number of fused-ring (bicyclic) bond motifs is 2. The third kappa shape index (κ3) is 9.40. The lowest BCUT2D eigenvalue weighted by atomic mass is 9.59. The lowest BCUT2D eigenvalue weighted by molar-refractivity contribution is -0.384. The van der Waals surface area contributed by atoms with Gasteiger partial charge in [0.25, 0.3) is 27.5 Å². The van der Waals surface area contributed by atoms with E-state index in [1.807, 2.05) is 19.1 Å². The molecule has 71 heavy (non-hydrogen) atoms. The number of nitro groups is 1. The van der Waals surface area contributed by atoms with E-state index < -0.39 is 37.0 Å². The molecule has 3 saturated carbocycles. The van der Waals surface area contributed by atoms with E-state index in [0.717, 1.165) is 68.9 Å². The molecule has 2 saturated heterocycles. The molecule has 0 radical (unpaired) electrons. The molecule has 16 nitrogen and oxygen atoms in total. The van der Waals surface area contributed by atoms with E-state index in [1.165, 1.54) is 42.9 Å². The van der Waals surface area contributed by atoms with Gasteiger partial charge in [0.15, 0.2) is 17.2 Å². The van der Waals surface area contributed by atoms with E-state index in [-0.39, 0.29) is 64.5 Å². The monoisotopic (exact) mass is 987 g/mol. The van der Waals surface area contributed by atoms with E-state index in [0.29, 0.717) is 49.3 Å². The molecule has 376 valence electrons. The van der Waals surface area contributed by atoms with Crippen molar-refractivity contribution in [3.63, 3.8) is 0 Å². The zero-order valence-electron chi connectivity index (χ0n) is 40.8. The fourth-order valence-corrected chi connectivity index (χ4v) is 13.3. The van der Waals surface area contributed by atoms with E-state index in [9.17, 15) is 28.4 Å². The van der Waals surface area contributed by atoms with Crippen molar-refractivity contribution >= 4 is 44.0 Å². The number of benzene rings is 3. The number of hydrogen-bond acceptors (Lipinski definition) is 13. The summed E-state index contributed by atoms with van der Waals surface area (Å²) in [6, 6.07) is 20.8. The normalized spacial score (nSPS) is 24.7. The molecular formula is C54H65N7O9S. The second kappa shape index (κ2) is 18.6.